The number of rotatable bonds is 5. The van der Waals surface area contributed by atoms with Gasteiger partial charge in [-0.15, -0.1) is 0 Å². The number of nitrogens with zero attached hydrogens (tertiary/aromatic N) is 2. The Morgan fingerprint density at radius 1 is 0.917 bits per heavy atom. The van der Waals surface area contributed by atoms with Gasteiger partial charge in [0, 0.05) is 9.13 Å². The average Bonchev–Trinajstić information content (AvgIpc) is 3.10. The highest BCUT2D eigenvalue weighted by Crippen LogP contribution is 2.36. The normalized spacial score (nSPS) is 14.6. The minimum Gasteiger partial charge on any atom is -0.487 e. The molecule has 4 nitrogen and oxygen atoms in total. The first kappa shape index (κ1) is 26.4. The van der Waals surface area contributed by atoms with Crippen LogP contribution in [-0.4, -0.2) is 11.6 Å². The van der Waals surface area contributed by atoms with Crippen molar-refractivity contribution in [3.8, 4) is 5.75 Å². The van der Waals surface area contributed by atoms with Crippen molar-refractivity contribution in [3.05, 3.63) is 95.1 Å². The molecule has 186 valence electrons. The first-order valence-corrected chi connectivity index (χ1v) is 12.1. The molecule has 0 saturated carbocycles. The van der Waals surface area contributed by atoms with Crippen molar-refractivity contribution < 1.29 is 35.9 Å². The number of hydrogen-bond acceptors (Lipinski definition) is 3. The molecule has 0 saturated heterocycles. The van der Waals surface area contributed by atoms with Gasteiger partial charge in [-0.3, -0.25) is 4.79 Å². The maximum atomic E-state index is 14.3. The minimum absolute atomic E-state index is 0.0118. The zero-order valence-corrected chi connectivity index (χ0v) is 22.3. The summed E-state index contributed by atoms with van der Waals surface area (Å²) in [5.41, 5.74) is -0.531. The molecule has 1 amide bonds. The lowest BCUT2D eigenvalue weighted by Crippen LogP contribution is -2.25. The third kappa shape index (κ3) is 4.96. The van der Waals surface area contributed by atoms with Crippen LogP contribution in [0.4, 0.5) is 32.0 Å². The third-order valence-corrected chi connectivity index (χ3v) is 6.52. The summed E-state index contributed by atoms with van der Waals surface area (Å²) < 4.78 is 90.1. The standard InChI is InChI=1S/C24H12F6I2N2O2/c1-10-15(24(35)34(33-10)22-20(29)18(27)17(26)19(28)21(22)30)7-12-6-14(31)8-16(32)23(12)36-9-11-2-4-13(25)5-3-11/h2-8H,9H2,1H3/b15-7-. The van der Waals surface area contributed by atoms with E-state index in [1.807, 2.05) is 51.2 Å². The molecule has 0 bridgehead atoms. The van der Waals surface area contributed by atoms with Crippen LogP contribution in [0.5, 0.6) is 5.75 Å². The van der Waals surface area contributed by atoms with Crippen LogP contribution in [0.2, 0.25) is 0 Å². The van der Waals surface area contributed by atoms with Gasteiger partial charge in [0.05, 0.1) is 14.9 Å². The molecule has 1 aliphatic heterocycles. The summed E-state index contributed by atoms with van der Waals surface area (Å²) in [5.74, 6) is -12.2. The Balaban J connectivity index is 1.73. The fourth-order valence-electron chi connectivity index (χ4n) is 3.35. The van der Waals surface area contributed by atoms with Gasteiger partial charge in [0.1, 0.15) is 23.9 Å². The van der Waals surface area contributed by atoms with Gasteiger partial charge < -0.3 is 4.74 Å². The van der Waals surface area contributed by atoms with Crippen molar-refractivity contribution in [2.75, 3.05) is 5.01 Å². The number of carbonyl (C=O) groups excluding carboxylic acids is 1. The Bertz CT molecular complexity index is 1430. The van der Waals surface area contributed by atoms with Crippen LogP contribution in [-0.2, 0) is 11.4 Å². The first-order valence-electron chi connectivity index (χ1n) is 9.99. The zero-order valence-electron chi connectivity index (χ0n) is 18.0. The molecule has 0 fully saturated rings. The van der Waals surface area contributed by atoms with Crippen molar-refractivity contribution in [2.45, 2.75) is 13.5 Å². The van der Waals surface area contributed by atoms with E-state index in [-0.39, 0.29) is 22.9 Å². The Labute approximate surface area is 227 Å². The Morgan fingerprint density at radius 2 is 1.50 bits per heavy atom. The van der Waals surface area contributed by atoms with Crippen LogP contribution >= 0.6 is 45.2 Å². The summed E-state index contributed by atoms with van der Waals surface area (Å²) >= 11 is 4.07. The van der Waals surface area contributed by atoms with Gasteiger partial charge in [-0.2, -0.15) is 10.1 Å². The Morgan fingerprint density at radius 3 is 2.11 bits per heavy atom. The molecule has 0 spiro atoms. The van der Waals surface area contributed by atoms with Crippen LogP contribution in [0.15, 0.2) is 47.1 Å². The van der Waals surface area contributed by atoms with E-state index in [4.69, 9.17) is 4.74 Å². The third-order valence-electron chi connectivity index (χ3n) is 5.09. The molecule has 0 aromatic heterocycles. The molecule has 1 heterocycles. The molecule has 12 heteroatoms. The SMILES string of the molecule is CC1=NN(c2c(F)c(F)c(F)c(F)c2F)C(=O)/C1=C\c1cc(I)cc(I)c1OCc1ccc(F)cc1. The predicted molar refractivity (Wildman–Crippen MR) is 137 cm³/mol. The molecular formula is C24H12F6I2N2O2. The van der Waals surface area contributed by atoms with E-state index < -0.39 is 46.5 Å². The quantitative estimate of drug-likeness (QED) is 0.0925. The molecule has 4 rings (SSSR count). The number of halogens is 8. The molecule has 36 heavy (non-hydrogen) atoms. The van der Waals surface area contributed by atoms with E-state index in [1.54, 1.807) is 18.2 Å². The number of hydrogen-bond donors (Lipinski definition) is 0. The molecule has 3 aromatic carbocycles. The highest BCUT2D eigenvalue weighted by atomic mass is 127. The molecule has 3 aromatic rings. The Kier molecular flexibility index (Phi) is 7.64. The van der Waals surface area contributed by atoms with E-state index in [9.17, 15) is 31.1 Å². The van der Waals surface area contributed by atoms with Crippen molar-refractivity contribution >= 4 is 68.6 Å². The number of anilines is 1. The predicted octanol–water partition coefficient (Wildman–Crippen LogP) is 7.12. The molecule has 0 radical (unpaired) electrons. The van der Waals surface area contributed by atoms with Gasteiger partial charge in [0.25, 0.3) is 5.91 Å². The van der Waals surface area contributed by atoms with Crippen LogP contribution in [0.1, 0.15) is 18.1 Å². The average molecular weight is 728 g/mol. The fraction of sp³-hybridized carbons (Fsp3) is 0.0833. The maximum Gasteiger partial charge on any atom is 0.280 e. The van der Waals surface area contributed by atoms with E-state index in [0.717, 1.165) is 3.57 Å². The van der Waals surface area contributed by atoms with Gasteiger partial charge in [0.2, 0.25) is 5.82 Å². The van der Waals surface area contributed by atoms with Crippen LogP contribution < -0.4 is 9.75 Å². The topological polar surface area (TPSA) is 41.9 Å². The van der Waals surface area contributed by atoms with Gasteiger partial charge in [-0.1, -0.05) is 12.1 Å². The summed E-state index contributed by atoms with van der Waals surface area (Å²) in [5, 5.41) is 3.89. The van der Waals surface area contributed by atoms with Gasteiger partial charge >= 0.3 is 0 Å². The number of carbonyl (C=O) groups is 1. The minimum atomic E-state index is -2.34. The van der Waals surface area contributed by atoms with Crippen molar-refractivity contribution in [1.29, 1.82) is 0 Å². The van der Waals surface area contributed by atoms with Crippen LogP contribution in [0.3, 0.4) is 0 Å². The summed E-state index contributed by atoms with van der Waals surface area (Å²) in [6.45, 7) is 1.43. The largest absolute Gasteiger partial charge is 0.487 e. The summed E-state index contributed by atoms with van der Waals surface area (Å²) in [6.07, 6.45) is 1.36. The Hall–Kier alpha value is -2.62. The zero-order chi connectivity index (χ0) is 26.3. The summed E-state index contributed by atoms with van der Waals surface area (Å²) in [6, 6.07) is 9.15. The molecule has 0 aliphatic carbocycles. The van der Waals surface area contributed by atoms with Gasteiger partial charge in [-0.25, -0.2) is 26.3 Å². The van der Waals surface area contributed by atoms with Crippen molar-refractivity contribution in [1.82, 2.24) is 0 Å². The van der Waals surface area contributed by atoms with Gasteiger partial charge in [-0.05, 0) is 88.0 Å². The fourth-order valence-corrected chi connectivity index (χ4v) is 5.39. The summed E-state index contributed by atoms with van der Waals surface area (Å²) in [7, 11) is 0. The second kappa shape index (κ2) is 10.4. The molecular weight excluding hydrogens is 716 g/mol. The van der Waals surface area contributed by atoms with Crippen LogP contribution in [0.25, 0.3) is 6.08 Å². The molecule has 0 unspecified atom stereocenters. The van der Waals surface area contributed by atoms with Gasteiger partial charge in [0.15, 0.2) is 23.3 Å². The van der Waals surface area contributed by atoms with Crippen molar-refractivity contribution in [2.24, 2.45) is 5.10 Å². The molecule has 0 N–H and O–H groups in total. The lowest BCUT2D eigenvalue weighted by atomic mass is 10.1. The molecule has 1 aliphatic rings. The van der Waals surface area contributed by atoms with E-state index in [1.165, 1.54) is 25.1 Å². The number of hydrazone groups is 1. The highest BCUT2D eigenvalue weighted by molar-refractivity contribution is 14.1. The number of ether oxygens (including phenoxy) is 1. The molecule has 0 atom stereocenters. The number of benzene rings is 3. The second-order valence-corrected chi connectivity index (χ2v) is 9.91. The monoisotopic (exact) mass is 728 g/mol. The lowest BCUT2D eigenvalue weighted by Gasteiger charge is -2.15. The van der Waals surface area contributed by atoms with E-state index in [0.29, 0.717) is 20.4 Å². The van der Waals surface area contributed by atoms with E-state index >= 15 is 0 Å². The first-order chi connectivity index (χ1) is 17.0. The summed E-state index contributed by atoms with van der Waals surface area (Å²) in [4.78, 5) is 13.0. The number of amides is 1. The lowest BCUT2D eigenvalue weighted by molar-refractivity contribution is -0.114. The maximum absolute atomic E-state index is 14.3. The second-order valence-electron chi connectivity index (χ2n) is 7.50. The highest BCUT2D eigenvalue weighted by Gasteiger charge is 2.37. The van der Waals surface area contributed by atoms with E-state index in [2.05, 4.69) is 5.10 Å². The van der Waals surface area contributed by atoms with Crippen molar-refractivity contribution in [3.63, 3.8) is 0 Å². The van der Waals surface area contributed by atoms with Crippen LogP contribution in [0, 0.1) is 42.0 Å². The smallest absolute Gasteiger partial charge is 0.280 e.